The highest BCUT2D eigenvalue weighted by atomic mass is 16.5. The van der Waals surface area contributed by atoms with E-state index in [9.17, 15) is 0 Å². The standard InChI is InChI=1S/C17H29NO/c1-5-7-8-10-14(3)18-16-11-9-12-17(13-16)19-15(4)6-2/h9,11-15,18H,5-8,10H2,1-4H3. The smallest absolute Gasteiger partial charge is 0.121 e. The molecule has 2 heteroatoms. The Labute approximate surface area is 118 Å². The van der Waals surface area contributed by atoms with E-state index in [-0.39, 0.29) is 6.10 Å². The van der Waals surface area contributed by atoms with Crippen LogP contribution in [0.3, 0.4) is 0 Å². The predicted octanol–water partition coefficient (Wildman–Crippen LogP) is 5.24. The van der Waals surface area contributed by atoms with Gasteiger partial charge >= 0.3 is 0 Å². The maximum absolute atomic E-state index is 5.84. The Hall–Kier alpha value is -1.18. The number of ether oxygens (including phenoxy) is 1. The summed E-state index contributed by atoms with van der Waals surface area (Å²) in [5.41, 5.74) is 1.16. The fourth-order valence-electron chi connectivity index (χ4n) is 2.03. The molecule has 19 heavy (non-hydrogen) atoms. The van der Waals surface area contributed by atoms with Crippen molar-refractivity contribution in [3.63, 3.8) is 0 Å². The van der Waals surface area contributed by atoms with Gasteiger partial charge in [-0.15, -0.1) is 0 Å². The zero-order chi connectivity index (χ0) is 14.1. The van der Waals surface area contributed by atoms with E-state index >= 15 is 0 Å². The van der Waals surface area contributed by atoms with Crippen molar-refractivity contribution in [2.24, 2.45) is 0 Å². The number of hydrogen-bond acceptors (Lipinski definition) is 2. The Bertz CT molecular complexity index is 351. The quantitative estimate of drug-likeness (QED) is 0.615. The van der Waals surface area contributed by atoms with Gasteiger partial charge in [-0.2, -0.15) is 0 Å². The Morgan fingerprint density at radius 2 is 1.95 bits per heavy atom. The molecular weight excluding hydrogens is 234 g/mol. The molecule has 0 aliphatic carbocycles. The monoisotopic (exact) mass is 263 g/mol. The van der Waals surface area contributed by atoms with Gasteiger partial charge in [0.2, 0.25) is 0 Å². The van der Waals surface area contributed by atoms with Crippen LogP contribution in [0.2, 0.25) is 0 Å². The minimum atomic E-state index is 0.275. The fraction of sp³-hybridized carbons (Fsp3) is 0.647. The Kier molecular flexibility index (Phi) is 7.39. The molecule has 108 valence electrons. The van der Waals surface area contributed by atoms with Crippen molar-refractivity contribution >= 4 is 5.69 Å². The van der Waals surface area contributed by atoms with Crippen LogP contribution in [-0.4, -0.2) is 12.1 Å². The van der Waals surface area contributed by atoms with Gasteiger partial charge in [-0.1, -0.05) is 39.2 Å². The van der Waals surface area contributed by atoms with Crippen LogP contribution in [0.4, 0.5) is 5.69 Å². The van der Waals surface area contributed by atoms with Gasteiger partial charge in [-0.25, -0.2) is 0 Å². The van der Waals surface area contributed by atoms with Crippen molar-refractivity contribution in [2.75, 3.05) is 5.32 Å². The van der Waals surface area contributed by atoms with E-state index in [0.717, 1.165) is 17.9 Å². The van der Waals surface area contributed by atoms with E-state index in [4.69, 9.17) is 4.74 Å². The summed E-state index contributed by atoms with van der Waals surface area (Å²) in [5.74, 6) is 0.958. The molecule has 1 aromatic rings. The molecule has 1 aromatic carbocycles. The maximum atomic E-state index is 5.84. The first kappa shape index (κ1) is 15.9. The van der Waals surface area contributed by atoms with Gasteiger partial charge < -0.3 is 10.1 Å². The molecule has 1 rings (SSSR count). The molecule has 1 N–H and O–H groups in total. The summed E-state index contributed by atoms with van der Waals surface area (Å²) < 4.78 is 5.84. The lowest BCUT2D eigenvalue weighted by Crippen LogP contribution is -2.15. The molecular formula is C17H29NO. The molecule has 0 bridgehead atoms. The van der Waals surface area contributed by atoms with E-state index < -0.39 is 0 Å². The summed E-state index contributed by atoms with van der Waals surface area (Å²) >= 11 is 0. The van der Waals surface area contributed by atoms with Crippen LogP contribution in [0.25, 0.3) is 0 Å². The second-order valence-electron chi connectivity index (χ2n) is 5.41. The van der Waals surface area contributed by atoms with Gasteiger partial charge in [-0.3, -0.25) is 0 Å². The van der Waals surface area contributed by atoms with Crippen LogP contribution in [0.15, 0.2) is 24.3 Å². The second kappa shape index (κ2) is 8.84. The van der Waals surface area contributed by atoms with Crippen molar-refractivity contribution in [3.8, 4) is 5.75 Å². The molecule has 0 saturated heterocycles. The van der Waals surface area contributed by atoms with E-state index in [0.29, 0.717) is 6.04 Å². The highest BCUT2D eigenvalue weighted by Crippen LogP contribution is 2.20. The molecule has 2 nitrogen and oxygen atoms in total. The summed E-state index contributed by atoms with van der Waals surface area (Å²) in [7, 11) is 0. The predicted molar refractivity (Wildman–Crippen MR) is 84.0 cm³/mol. The molecule has 0 aliphatic heterocycles. The molecule has 2 atom stereocenters. The normalized spacial score (nSPS) is 13.9. The lowest BCUT2D eigenvalue weighted by atomic mass is 10.1. The molecule has 0 aromatic heterocycles. The maximum Gasteiger partial charge on any atom is 0.121 e. The van der Waals surface area contributed by atoms with Crippen LogP contribution < -0.4 is 10.1 Å². The zero-order valence-electron chi connectivity index (χ0n) is 12.9. The highest BCUT2D eigenvalue weighted by Gasteiger charge is 2.04. The number of nitrogens with one attached hydrogen (secondary N) is 1. The lowest BCUT2D eigenvalue weighted by molar-refractivity contribution is 0.217. The molecule has 0 spiro atoms. The third kappa shape index (κ3) is 6.51. The fourth-order valence-corrected chi connectivity index (χ4v) is 2.03. The van der Waals surface area contributed by atoms with E-state index in [2.05, 4.69) is 51.2 Å². The lowest BCUT2D eigenvalue weighted by Gasteiger charge is -2.17. The third-order valence-electron chi connectivity index (χ3n) is 3.40. The minimum absolute atomic E-state index is 0.275. The van der Waals surface area contributed by atoms with Crippen molar-refractivity contribution in [1.29, 1.82) is 0 Å². The highest BCUT2D eigenvalue weighted by molar-refractivity contribution is 5.48. The van der Waals surface area contributed by atoms with Gasteiger partial charge in [0.15, 0.2) is 0 Å². The van der Waals surface area contributed by atoms with Crippen molar-refractivity contribution in [3.05, 3.63) is 24.3 Å². The summed E-state index contributed by atoms with van der Waals surface area (Å²) in [4.78, 5) is 0. The first-order valence-corrected chi connectivity index (χ1v) is 7.69. The number of benzene rings is 1. The molecule has 0 radical (unpaired) electrons. The third-order valence-corrected chi connectivity index (χ3v) is 3.40. The Morgan fingerprint density at radius 1 is 1.16 bits per heavy atom. The summed E-state index contributed by atoms with van der Waals surface area (Å²) in [6, 6.07) is 8.81. The van der Waals surface area contributed by atoms with E-state index in [1.807, 2.05) is 6.07 Å². The zero-order valence-corrected chi connectivity index (χ0v) is 12.9. The number of unbranched alkanes of at least 4 members (excludes halogenated alkanes) is 2. The molecule has 0 fully saturated rings. The van der Waals surface area contributed by atoms with Gasteiger partial charge in [0, 0.05) is 17.8 Å². The van der Waals surface area contributed by atoms with Crippen LogP contribution >= 0.6 is 0 Å². The largest absolute Gasteiger partial charge is 0.491 e. The molecule has 0 heterocycles. The first-order chi connectivity index (χ1) is 9.15. The average Bonchev–Trinajstić information content (AvgIpc) is 2.39. The van der Waals surface area contributed by atoms with Crippen LogP contribution in [-0.2, 0) is 0 Å². The molecule has 0 aliphatic rings. The Morgan fingerprint density at radius 3 is 2.63 bits per heavy atom. The number of hydrogen-bond donors (Lipinski definition) is 1. The SMILES string of the molecule is CCCCCC(C)Nc1cccc(OC(C)CC)c1. The van der Waals surface area contributed by atoms with Gasteiger partial charge in [0.25, 0.3) is 0 Å². The molecule has 0 saturated carbocycles. The summed E-state index contributed by atoms with van der Waals surface area (Å²) in [6.45, 7) is 8.74. The number of rotatable bonds is 9. The first-order valence-electron chi connectivity index (χ1n) is 7.69. The van der Waals surface area contributed by atoms with Crippen LogP contribution in [0, 0.1) is 0 Å². The summed E-state index contributed by atoms with van der Waals surface area (Å²) in [6.07, 6.45) is 6.44. The topological polar surface area (TPSA) is 21.3 Å². The van der Waals surface area contributed by atoms with Crippen molar-refractivity contribution < 1.29 is 4.74 Å². The summed E-state index contributed by atoms with van der Waals surface area (Å²) in [5, 5.41) is 3.55. The number of anilines is 1. The minimum Gasteiger partial charge on any atom is -0.491 e. The average molecular weight is 263 g/mol. The van der Waals surface area contributed by atoms with E-state index in [1.165, 1.54) is 25.7 Å². The van der Waals surface area contributed by atoms with Crippen molar-refractivity contribution in [2.45, 2.75) is 71.9 Å². The Balaban J connectivity index is 2.47. The van der Waals surface area contributed by atoms with Crippen LogP contribution in [0.1, 0.15) is 59.8 Å². The molecule has 0 amide bonds. The van der Waals surface area contributed by atoms with Crippen LogP contribution in [0.5, 0.6) is 5.75 Å². The van der Waals surface area contributed by atoms with Gasteiger partial charge in [0.1, 0.15) is 5.75 Å². The van der Waals surface area contributed by atoms with E-state index in [1.54, 1.807) is 0 Å². The van der Waals surface area contributed by atoms with Gasteiger partial charge in [-0.05, 0) is 38.8 Å². The van der Waals surface area contributed by atoms with Crippen molar-refractivity contribution in [1.82, 2.24) is 0 Å². The van der Waals surface area contributed by atoms with Gasteiger partial charge in [0.05, 0.1) is 6.10 Å². The molecule has 2 unspecified atom stereocenters. The second-order valence-corrected chi connectivity index (χ2v) is 5.41.